The van der Waals surface area contributed by atoms with Crippen LogP contribution in [0.25, 0.3) is 11.3 Å². The number of ether oxygens (including phenoxy) is 3. The van der Waals surface area contributed by atoms with Gasteiger partial charge < -0.3 is 14.2 Å². The summed E-state index contributed by atoms with van der Waals surface area (Å²) in [5.41, 5.74) is 1.71. The van der Waals surface area contributed by atoms with E-state index in [0.29, 0.717) is 17.2 Å². The van der Waals surface area contributed by atoms with Gasteiger partial charge >= 0.3 is 0 Å². The van der Waals surface area contributed by atoms with Gasteiger partial charge in [0.1, 0.15) is 5.75 Å². The van der Waals surface area contributed by atoms with Gasteiger partial charge in [-0.25, -0.2) is 4.98 Å². The van der Waals surface area contributed by atoms with Crippen molar-refractivity contribution in [2.45, 2.75) is 0 Å². The molecule has 0 atom stereocenters. The van der Waals surface area contributed by atoms with Gasteiger partial charge in [-0.1, -0.05) is 0 Å². The Balaban J connectivity index is 2.58. The second-order valence-electron chi connectivity index (χ2n) is 3.39. The van der Waals surface area contributed by atoms with E-state index in [0.717, 1.165) is 15.2 Å². The molecular formula is C12H12BrNO3S. The van der Waals surface area contributed by atoms with Crippen LogP contribution in [0.3, 0.4) is 0 Å². The maximum absolute atomic E-state index is 5.36. The van der Waals surface area contributed by atoms with Crippen molar-refractivity contribution in [3.8, 4) is 28.5 Å². The molecule has 0 aliphatic rings. The molecule has 2 aromatic rings. The minimum absolute atomic E-state index is 0.632. The fraction of sp³-hybridized carbons (Fsp3) is 0.250. The van der Waals surface area contributed by atoms with Crippen molar-refractivity contribution in [2.75, 3.05) is 21.3 Å². The molecule has 0 aliphatic heterocycles. The number of benzene rings is 1. The SMILES string of the molecule is COc1cc(OC)c(-c2csc(Br)n2)cc1OC. The average molecular weight is 330 g/mol. The predicted molar refractivity (Wildman–Crippen MR) is 74.9 cm³/mol. The summed E-state index contributed by atoms with van der Waals surface area (Å²) in [5.74, 6) is 1.98. The quantitative estimate of drug-likeness (QED) is 0.859. The molecule has 2 rings (SSSR count). The maximum Gasteiger partial charge on any atom is 0.164 e. The predicted octanol–water partition coefficient (Wildman–Crippen LogP) is 3.60. The Morgan fingerprint density at radius 1 is 1.00 bits per heavy atom. The molecule has 4 nitrogen and oxygen atoms in total. The van der Waals surface area contributed by atoms with Crippen LogP contribution in [-0.4, -0.2) is 26.3 Å². The van der Waals surface area contributed by atoms with E-state index < -0.39 is 0 Å². The van der Waals surface area contributed by atoms with E-state index in [1.165, 1.54) is 11.3 Å². The molecule has 18 heavy (non-hydrogen) atoms. The number of aromatic nitrogens is 1. The highest BCUT2D eigenvalue weighted by Crippen LogP contribution is 2.40. The molecule has 1 aromatic heterocycles. The summed E-state index contributed by atoms with van der Waals surface area (Å²) in [6.45, 7) is 0. The Morgan fingerprint density at radius 2 is 1.61 bits per heavy atom. The molecule has 0 spiro atoms. The Bertz CT molecular complexity index is 556. The van der Waals surface area contributed by atoms with Crippen LogP contribution in [-0.2, 0) is 0 Å². The second-order valence-corrected chi connectivity index (χ2v) is 5.53. The lowest BCUT2D eigenvalue weighted by molar-refractivity contribution is 0.349. The highest BCUT2D eigenvalue weighted by atomic mass is 79.9. The van der Waals surface area contributed by atoms with Crippen molar-refractivity contribution in [1.82, 2.24) is 4.98 Å². The fourth-order valence-electron chi connectivity index (χ4n) is 1.60. The van der Waals surface area contributed by atoms with Crippen LogP contribution in [0.2, 0.25) is 0 Å². The van der Waals surface area contributed by atoms with Gasteiger partial charge in [0, 0.05) is 17.0 Å². The van der Waals surface area contributed by atoms with Gasteiger partial charge in [0.2, 0.25) is 0 Å². The molecule has 1 heterocycles. The van der Waals surface area contributed by atoms with Crippen LogP contribution >= 0.6 is 27.3 Å². The lowest BCUT2D eigenvalue weighted by atomic mass is 10.1. The monoisotopic (exact) mass is 329 g/mol. The molecule has 0 fully saturated rings. The highest BCUT2D eigenvalue weighted by molar-refractivity contribution is 9.11. The lowest BCUT2D eigenvalue weighted by Crippen LogP contribution is -1.94. The number of methoxy groups -OCH3 is 3. The van der Waals surface area contributed by atoms with Crippen LogP contribution < -0.4 is 14.2 Å². The van der Waals surface area contributed by atoms with E-state index in [9.17, 15) is 0 Å². The third kappa shape index (κ3) is 2.44. The first-order valence-electron chi connectivity index (χ1n) is 5.11. The van der Waals surface area contributed by atoms with E-state index >= 15 is 0 Å². The first-order chi connectivity index (χ1) is 8.69. The summed E-state index contributed by atoms with van der Waals surface area (Å²) in [6, 6.07) is 3.65. The lowest BCUT2D eigenvalue weighted by Gasteiger charge is -2.12. The van der Waals surface area contributed by atoms with Crippen molar-refractivity contribution < 1.29 is 14.2 Å². The second kappa shape index (κ2) is 5.58. The number of hydrogen-bond donors (Lipinski definition) is 0. The third-order valence-electron chi connectivity index (χ3n) is 2.46. The van der Waals surface area contributed by atoms with Crippen molar-refractivity contribution >= 4 is 27.3 Å². The number of hydrogen-bond acceptors (Lipinski definition) is 5. The molecule has 0 N–H and O–H groups in total. The number of nitrogens with zero attached hydrogens (tertiary/aromatic N) is 1. The van der Waals surface area contributed by atoms with Crippen LogP contribution in [0.4, 0.5) is 0 Å². The summed E-state index contributed by atoms with van der Waals surface area (Å²) in [5, 5.41) is 1.95. The minimum atomic E-state index is 0.632. The molecule has 96 valence electrons. The molecular weight excluding hydrogens is 318 g/mol. The molecule has 0 radical (unpaired) electrons. The smallest absolute Gasteiger partial charge is 0.164 e. The van der Waals surface area contributed by atoms with Gasteiger partial charge in [0.25, 0.3) is 0 Å². The molecule has 1 aromatic carbocycles. The molecule has 0 amide bonds. The van der Waals surface area contributed by atoms with E-state index in [1.807, 2.05) is 11.4 Å². The molecule has 0 aliphatic carbocycles. The van der Waals surface area contributed by atoms with E-state index in [1.54, 1.807) is 27.4 Å². The molecule has 0 unspecified atom stereocenters. The molecule has 6 heteroatoms. The van der Waals surface area contributed by atoms with Gasteiger partial charge in [-0.15, -0.1) is 11.3 Å². The first-order valence-corrected chi connectivity index (χ1v) is 6.78. The van der Waals surface area contributed by atoms with Crippen molar-refractivity contribution in [2.24, 2.45) is 0 Å². The maximum atomic E-state index is 5.36. The largest absolute Gasteiger partial charge is 0.496 e. The molecule has 0 saturated carbocycles. The minimum Gasteiger partial charge on any atom is -0.496 e. The van der Waals surface area contributed by atoms with Gasteiger partial charge in [-0.2, -0.15) is 0 Å². The summed E-state index contributed by atoms with van der Waals surface area (Å²) >= 11 is 4.87. The van der Waals surface area contributed by atoms with Gasteiger partial charge in [-0.05, 0) is 22.0 Å². The highest BCUT2D eigenvalue weighted by Gasteiger charge is 2.15. The molecule has 0 bridgehead atoms. The normalized spacial score (nSPS) is 10.2. The zero-order valence-electron chi connectivity index (χ0n) is 10.2. The summed E-state index contributed by atoms with van der Waals surface area (Å²) in [4.78, 5) is 4.38. The van der Waals surface area contributed by atoms with Crippen molar-refractivity contribution in [3.63, 3.8) is 0 Å². The van der Waals surface area contributed by atoms with E-state index in [4.69, 9.17) is 14.2 Å². The zero-order valence-corrected chi connectivity index (χ0v) is 12.6. The summed E-state index contributed by atoms with van der Waals surface area (Å²) in [7, 11) is 4.81. The van der Waals surface area contributed by atoms with Crippen LogP contribution in [0.1, 0.15) is 0 Å². The van der Waals surface area contributed by atoms with Crippen LogP contribution in [0.15, 0.2) is 21.4 Å². The number of rotatable bonds is 4. The fourth-order valence-corrected chi connectivity index (χ4v) is 2.62. The average Bonchev–Trinajstić information content (AvgIpc) is 2.83. The van der Waals surface area contributed by atoms with Gasteiger partial charge in [0.05, 0.1) is 27.0 Å². The first kappa shape index (κ1) is 13.2. The standard InChI is InChI=1S/C12H12BrNO3S/c1-15-9-5-11(17-3)10(16-2)4-7(9)8-6-18-12(13)14-8/h4-6H,1-3H3. The Labute approximate surface area is 118 Å². The van der Waals surface area contributed by atoms with Crippen LogP contribution in [0.5, 0.6) is 17.2 Å². The Kier molecular flexibility index (Phi) is 4.08. The zero-order chi connectivity index (χ0) is 13.1. The summed E-state index contributed by atoms with van der Waals surface area (Å²) < 4.78 is 16.7. The Morgan fingerprint density at radius 3 is 2.11 bits per heavy atom. The van der Waals surface area contributed by atoms with E-state index in [2.05, 4.69) is 20.9 Å². The molecule has 0 saturated heterocycles. The number of halogens is 1. The van der Waals surface area contributed by atoms with Crippen molar-refractivity contribution in [3.05, 3.63) is 21.4 Å². The topological polar surface area (TPSA) is 40.6 Å². The van der Waals surface area contributed by atoms with Crippen molar-refractivity contribution in [1.29, 1.82) is 0 Å². The number of thiazole rings is 1. The summed E-state index contributed by atoms with van der Waals surface area (Å²) in [6.07, 6.45) is 0. The van der Waals surface area contributed by atoms with Crippen LogP contribution in [0, 0.1) is 0 Å². The third-order valence-corrected chi connectivity index (χ3v) is 3.82. The van der Waals surface area contributed by atoms with E-state index in [-0.39, 0.29) is 0 Å². The van der Waals surface area contributed by atoms with Gasteiger partial charge in [0.15, 0.2) is 15.4 Å². The van der Waals surface area contributed by atoms with Gasteiger partial charge in [-0.3, -0.25) is 0 Å². The Hall–Kier alpha value is -1.27.